The topological polar surface area (TPSA) is 32.3 Å². The third-order valence-corrected chi connectivity index (χ3v) is 3.86. The van der Waals surface area contributed by atoms with Gasteiger partial charge in [-0.2, -0.15) is 0 Å². The van der Waals surface area contributed by atoms with E-state index < -0.39 is 0 Å². The molecule has 0 aromatic heterocycles. The first-order valence-electron chi connectivity index (χ1n) is 7.06. The predicted molar refractivity (Wildman–Crippen MR) is 82.0 cm³/mol. The SMILES string of the molecule is C[C@@H](C(=O)Nc1cccc(F)c1)N1CCc2ccccc21. The van der Waals surface area contributed by atoms with Crippen molar-refractivity contribution in [2.75, 3.05) is 16.8 Å². The molecule has 108 valence electrons. The number of nitrogens with one attached hydrogen (secondary N) is 1. The zero-order chi connectivity index (χ0) is 14.8. The molecule has 0 aliphatic carbocycles. The van der Waals surface area contributed by atoms with Crippen LogP contribution in [0.15, 0.2) is 48.5 Å². The lowest BCUT2D eigenvalue weighted by molar-refractivity contribution is -0.117. The van der Waals surface area contributed by atoms with E-state index in [-0.39, 0.29) is 17.8 Å². The lowest BCUT2D eigenvalue weighted by atomic mass is 10.1. The lowest BCUT2D eigenvalue weighted by Crippen LogP contribution is -2.41. The van der Waals surface area contributed by atoms with Crippen LogP contribution in [0.4, 0.5) is 15.8 Å². The Morgan fingerprint density at radius 2 is 2.05 bits per heavy atom. The zero-order valence-electron chi connectivity index (χ0n) is 11.8. The number of para-hydroxylation sites is 1. The maximum absolute atomic E-state index is 13.2. The van der Waals surface area contributed by atoms with Crippen molar-refractivity contribution in [3.05, 3.63) is 59.9 Å². The molecule has 0 saturated heterocycles. The Balaban J connectivity index is 1.74. The van der Waals surface area contributed by atoms with E-state index in [2.05, 4.69) is 16.3 Å². The van der Waals surface area contributed by atoms with Gasteiger partial charge in [-0.05, 0) is 43.2 Å². The number of anilines is 2. The number of halogens is 1. The second-order valence-corrected chi connectivity index (χ2v) is 5.25. The van der Waals surface area contributed by atoms with E-state index in [0.29, 0.717) is 5.69 Å². The Hall–Kier alpha value is -2.36. The minimum atomic E-state index is -0.355. The molecule has 0 unspecified atom stereocenters. The van der Waals surface area contributed by atoms with Crippen LogP contribution in [0.5, 0.6) is 0 Å². The van der Waals surface area contributed by atoms with E-state index in [1.807, 2.05) is 25.1 Å². The highest BCUT2D eigenvalue weighted by molar-refractivity contribution is 5.97. The lowest BCUT2D eigenvalue weighted by Gasteiger charge is -2.26. The van der Waals surface area contributed by atoms with E-state index >= 15 is 0 Å². The van der Waals surface area contributed by atoms with Crippen LogP contribution in [0.3, 0.4) is 0 Å². The first-order valence-corrected chi connectivity index (χ1v) is 7.06. The van der Waals surface area contributed by atoms with Gasteiger partial charge in [0.25, 0.3) is 0 Å². The van der Waals surface area contributed by atoms with E-state index in [9.17, 15) is 9.18 Å². The molecule has 1 N–H and O–H groups in total. The normalized spacial score (nSPS) is 14.7. The summed E-state index contributed by atoms with van der Waals surface area (Å²) in [5, 5.41) is 2.77. The Bertz CT molecular complexity index is 671. The van der Waals surface area contributed by atoms with Crippen molar-refractivity contribution >= 4 is 17.3 Å². The molecule has 3 rings (SSSR count). The second kappa shape index (κ2) is 5.56. The molecule has 3 nitrogen and oxygen atoms in total. The number of hydrogen-bond acceptors (Lipinski definition) is 2. The molecule has 1 aliphatic rings. The van der Waals surface area contributed by atoms with Crippen LogP contribution in [-0.4, -0.2) is 18.5 Å². The molecule has 2 aromatic rings. The number of benzene rings is 2. The maximum Gasteiger partial charge on any atom is 0.246 e. The Labute approximate surface area is 123 Å². The monoisotopic (exact) mass is 284 g/mol. The molecular weight excluding hydrogens is 267 g/mol. The van der Waals surface area contributed by atoms with Crippen molar-refractivity contribution < 1.29 is 9.18 Å². The number of fused-ring (bicyclic) bond motifs is 1. The number of amides is 1. The van der Waals surface area contributed by atoms with Crippen molar-refractivity contribution in [2.24, 2.45) is 0 Å². The van der Waals surface area contributed by atoms with E-state index in [1.54, 1.807) is 12.1 Å². The highest BCUT2D eigenvalue weighted by Crippen LogP contribution is 2.29. The second-order valence-electron chi connectivity index (χ2n) is 5.25. The average molecular weight is 284 g/mol. The summed E-state index contributed by atoms with van der Waals surface area (Å²) in [6.45, 7) is 2.70. The van der Waals surface area contributed by atoms with Gasteiger partial charge < -0.3 is 10.2 Å². The van der Waals surface area contributed by atoms with Crippen molar-refractivity contribution in [1.29, 1.82) is 0 Å². The van der Waals surface area contributed by atoms with Gasteiger partial charge in [-0.3, -0.25) is 4.79 Å². The fourth-order valence-corrected chi connectivity index (χ4v) is 2.72. The van der Waals surface area contributed by atoms with Gasteiger partial charge in [0.15, 0.2) is 0 Å². The minimum Gasteiger partial charge on any atom is -0.359 e. The van der Waals surface area contributed by atoms with Crippen molar-refractivity contribution in [2.45, 2.75) is 19.4 Å². The van der Waals surface area contributed by atoms with Crippen LogP contribution in [-0.2, 0) is 11.2 Å². The highest BCUT2D eigenvalue weighted by Gasteiger charge is 2.27. The number of carbonyl (C=O) groups is 1. The quantitative estimate of drug-likeness (QED) is 0.938. The Kier molecular flexibility index (Phi) is 3.60. The molecule has 0 bridgehead atoms. The molecule has 2 aromatic carbocycles. The molecule has 1 amide bonds. The molecule has 0 spiro atoms. The van der Waals surface area contributed by atoms with Crippen molar-refractivity contribution in [3.8, 4) is 0 Å². The fraction of sp³-hybridized carbons (Fsp3) is 0.235. The van der Waals surface area contributed by atoms with Gasteiger partial charge in [-0.15, -0.1) is 0 Å². The largest absolute Gasteiger partial charge is 0.359 e. The Morgan fingerprint density at radius 1 is 1.24 bits per heavy atom. The van der Waals surface area contributed by atoms with Crippen LogP contribution in [0.2, 0.25) is 0 Å². The smallest absolute Gasteiger partial charge is 0.246 e. The number of nitrogens with zero attached hydrogens (tertiary/aromatic N) is 1. The summed E-state index contributed by atoms with van der Waals surface area (Å²) in [7, 11) is 0. The molecule has 0 saturated carbocycles. The van der Waals surface area contributed by atoms with Crippen LogP contribution in [0, 0.1) is 5.82 Å². The highest BCUT2D eigenvalue weighted by atomic mass is 19.1. The molecule has 4 heteroatoms. The van der Waals surface area contributed by atoms with Gasteiger partial charge in [0.05, 0.1) is 0 Å². The van der Waals surface area contributed by atoms with E-state index in [1.165, 1.54) is 17.7 Å². The van der Waals surface area contributed by atoms with Crippen LogP contribution in [0.1, 0.15) is 12.5 Å². The van der Waals surface area contributed by atoms with Gasteiger partial charge in [-0.1, -0.05) is 24.3 Å². The van der Waals surface area contributed by atoms with Crippen molar-refractivity contribution in [3.63, 3.8) is 0 Å². The summed E-state index contributed by atoms with van der Waals surface area (Å²) < 4.78 is 13.2. The maximum atomic E-state index is 13.2. The van der Waals surface area contributed by atoms with Gasteiger partial charge in [-0.25, -0.2) is 4.39 Å². The molecule has 21 heavy (non-hydrogen) atoms. The number of hydrogen-bond donors (Lipinski definition) is 1. The minimum absolute atomic E-state index is 0.127. The average Bonchev–Trinajstić information content (AvgIpc) is 2.90. The summed E-state index contributed by atoms with van der Waals surface area (Å²) in [5.41, 5.74) is 2.86. The van der Waals surface area contributed by atoms with Crippen LogP contribution >= 0.6 is 0 Å². The van der Waals surface area contributed by atoms with Gasteiger partial charge >= 0.3 is 0 Å². The van der Waals surface area contributed by atoms with Gasteiger partial charge in [0.1, 0.15) is 11.9 Å². The summed E-state index contributed by atoms with van der Waals surface area (Å²) in [4.78, 5) is 14.4. The standard InChI is InChI=1S/C17H17FN2O/c1-12(17(21)19-15-7-4-6-14(18)11-15)20-10-9-13-5-2-3-8-16(13)20/h2-8,11-12H,9-10H2,1H3,(H,19,21)/t12-/m0/s1. The molecule has 1 heterocycles. The van der Waals surface area contributed by atoms with Crippen LogP contribution < -0.4 is 10.2 Å². The molecule has 0 fully saturated rings. The summed E-state index contributed by atoms with van der Waals surface area (Å²) in [6.07, 6.45) is 0.952. The van der Waals surface area contributed by atoms with Gasteiger partial charge in [0.2, 0.25) is 5.91 Å². The molecule has 0 radical (unpaired) electrons. The number of rotatable bonds is 3. The van der Waals surface area contributed by atoms with E-state index in [0.717, 1.165) is 18.7 Å². The summed E-state index contributed by atoms with van der Waals surface area (Å²) in [6, 6.07) is 13.8. The van der Waals surface area contributed by atoms with Crippen molar-refractivity contribution in [1.82, 2.24) is 0 Å². The molecule has 1 aliphatic heterocycles. The first kappa shape index (κ1) is 13.6. The summed E-state index contributed by atoms with van der Waals surface area (Å²) >= 11 is 0. The number of carbonyl (C=O) groups excluding carboxylic acids is 1. The Morgan fingerprint density at radius 3 is 2.86 bits per heavy atom. The van der Waals surface area contributed by atoms with E-state index in [4.69, 9.17) is 0 Å². The van der Waals surface area contributed by atoms with Crippen LogP contribution in [0.25, 0.3) is 0 Å². The first-order chi connectivity index (χ1) is 10.1. The predicted octanol–water partition coefficient (Wildman–Crippen LogP) is 3.22. The summed E-state index contributed by atoms with van der Waals surface area (Å²) in [5.74, 6) is -0.482. The fourth-order valence-electron chi connectivity index (χ4n) is 2.72. The molecular formula is C17H17FN2O. The molecule has 1 atom stereocenters. The third-order valence-electron chi connectivity index (χ3n) is 3.86. The third kappa shape index (κ3) is 2.75. The zero-order valence-corrected chi connectivity index (χ0v) is 11.8. The van der Waals surface area contributed by atoms with Gasteiger partial charge in [0, 0.05) is 17.9 Å².